The van der Waals surface area contributed by atoms with E-state index in [4.69, 9.17) is 16.3 Å². The monoisotopic (exact) mass is 398 g/mol. The van der Waals surface area contributed by atoms with E-state index < -0.39 is 0 Å². The number of para-hydroxylation sites is 1. The smallest absolute Gasteiger partial charge is 0.269 e. The molecule has 2 N–H and O–H groups in total. The number of nitrogens with one attached hydrogen (secondary N) is 2. The summed E-state index contributed by atoms with van der Waals surface area (Å²) in [5, 5.41) is 10.6. The number of nitrogens with zero attached hydrogens (tertiary/aromatic N) is 2. The van der Waals surface area contributed by atoms with Crippen LogP contribution in [0.5, 0.6) is 5.75 Å². The molecule has 0 aliphatic carbocycles. The Balaban J connectivity index is 1.73. The zero-order valence-corrected chi connectivity index (χ0v) is 16.8. The summed E-state index contributed by atoms with van der Waals surface area (Å²) in [6.07, 6.45) is 0. The molecule has 3 aromatic rings. The fraction of sp³-hybridized carbons (Fsp3) is 0.238. The number of carbonyl (C=O) groups excluding carboxylic acids is 1. The molecule has 6 nitrogen and oxygen atoms in total. The van der Waals surface area contributed by atoms with Gasteiger partial charge in [-0.3, -0.25) is 9.89 Å². The van der Waals surface area contributed by atoms with Gasteiger partial charge < -0.3 is 15.0 Å². The van der Waals surface area contributed by atoms with Crippen LogP contribution in [-0.2, 0) is 0 Å². The second-order valence-corrected chi connectivity index (χ2v) is 6.99. The van der Waals surface area contributed by atoms with Crippen LogP contribution in [0.1, 0.15) is 22.1 Å². The number of hydrogen-bond acceptors (Lipinski definition) is 4. The second kappa shape index (κ2) is 8.91. The van der Waals surface area contributed by atoms with Crippen molar-refractivity contribution in [1.29, 1.82) is 0 Å². The molecule has 0 aliphatic heterocycles. The molecule has 1 heterocycles. The standard InChI is InChI=1S/C21H23ClN4O2/c1-26(2)19(15-9-5-7-11-20(15)28-3)13-23-21(27)18-12-17(24-25-18)14-8-4-6-10-16(14)22/h4-12,19H,13H2,1-3H3,(H,23,27)(H,24,25). The first-order valence-electron chi connectivity index (χ1n) is 8.89. The minimum atomic E-state index is -0.229. The number of aromatic nitrogens is 2. The third-order valence-corrected chi connectivity index (χ3v) is 4.88. The van der Waals surface area contributed by atoms with Crippen LogP contribution in [-0.4, -0.2) is 48.8 Å². The molecule has 0 spiro atoms. The number of amides is 1. The third kappa shape index (κ3) is 4.35. The van der Waals surface area contributed by atoms with Crippen molar-refractivity contribution < 1.29 is 9.53 Å². The van der Waals surface area contributed by atoms with E-state index in [0.29, 0.717) is 23.0 Å². The van der Waals surface area contributed by atoms with E-state index in [1.54, 1.807) is 19.2 Å². The fourth-order valence-electron chi connectivity index (χ4n) is 3.04. The zero-order chi connectivity index (χ0) is 20.1. The molecular formula is C21H23ClN4O2. The predicted molar refractivity (Wildman–Crippen MR) is 111 cm³/mol. The Labute approximate surface area is 169 Å². The van der Waals surface area contributed by atoms with Crippen LogP contribution in [0.25, 0.3) is 11.3 Å². The van der Waals surface area contributed by atoms with Crippen LogP contribution in [0.4, 0.5) is 0 Å². The van der Waals surface area contributed by atoms with Crippen LogP contribution in [0.3, 0.4) is 0 Å². The lowest BCUT2D eigenvalue weighted by atomic mass is 10.0. The van der Waals surface area contributed by atoms with Crippen LogP contribution < -0.4 is 10.1 Å². The number of benzene rings is 2. The first-order chi connectivity index (χ1) is 13.5. The van der Waals surface area contributed by atoms with Gasteiger partial charge in [0.15, 0.2) is 0 Å². The molecule has 28 heavy (non-hydrogen) atoms. The third-order valence-electron chi connectivity index (χ3n) is 4.55. The summed E-state index contributed by atoms with van der Waals surface area (Å²) in [6.45, 7) is 0.423. The van der Waals surface area contributed by atoms with Crippen LogP contribution >= 0.6 is 11.6 Å². The molecular weight excluding hydrogens is 376 g/mol. The van der Waals surface area contributed by atoms with Gasteiger partial charge in [-0.25, -0.2) is 0 Å². The lowest BCUT2D eigenvalue weighted by Crippen LogP contribution is -2.34. The van der Waals surface area contributed by atoms with Gasteiger partial charge in [0.05, 0.1) is 23.9 Å². The Morgan fingerprint density at radius 3 is 2.64 bits per heavy atom. The van der Waals surface area contributed by atoms with Crippen molar-refractivity contribution in [2.45, 2.75) is 6.04 Å². The highest BCUT2D eigenvalue weighted by atomic mass is 35.5. The van der Waals surface area contributed by atoms with Crippen molar-refractivity contribution in [2.75, 3.05) is 27.7 Å². The van der Waals surface area contributed by atoms with E-state index in [0.717, 1.165) is 16.9 Å². The van der Waals surface area contributed by atoms with Gasteiger partial charge in [-0.1, -0.05) is 48.0 Å². The first kappa shape index (κ1) is 19.9. The fourth-order valence-corrected chi connectivity index (χ4v) is 3.27. The average molecular weight is 399 g/mol. The van der Waals surface area contributed by atoms with Gasteiger partial charge in [0.2, 0.25) is 0 Å². The highest BCUT2D eigenvalue weighted by molar-refractivity contribution is 6.33. The van der Waals surface area contributed by atoms with E-state index in [-0.39, 0.29) is 11.9 Å². The number of H-pyrrole nitrogens is 1. The van der Waals surface area contributed by atoms with Crippen molar-refractivity contribution in [1.82, 2.24) is 20.4 Å². The van der Waals surface area contributed by atoms with Gasteiger partial charge in [0, 0.05) is 17.7 Å². The van der Waals surface area contributed by atoms with Gasteiger partial charge in [-0.05, 0) is 32.3 Å². The van der Waals surface area contributed by atoms with E-state index in [2.05, 4.69) is 15.5 Å². The molecule has 0 aliphatic rings. The van der Waals surface area contributed by atoms with Crippen molar-refractivity contribution >= 4 is 17.5 Å². The number of aromatic amines is 1. The van der Waals surface area contributed by atoms with Gasteiger partial charge in [0.1, 0.15) is 11.4 Å². The van der Waals surface area contributed by atoms with Gasteiger partial charge in [-0.2, -0.15) is 5.10 Å². The topological polar surface area (TPSA) is 70.2 Å². The molecule has 1 amide bonds. The summed E-state index contributed by atoms with van der Waals surface area (Å²) in [4.78, 5) is 14.7. The van der Waals surface area contributed by atoms with E-state index in [9.17, 15) is 4.79 Å². The summed E-state index contributed by atoms with van der Waals surface area (Å²) < 4.78 is 5.46. The Hall–Kier alpha value is -2.83. The van der Waals surface area contributed by atoms with Crippen molar-refractivity contribution in [3.05, 3.63) is 70.9 Å². The maximum absolute atomic E-state index is 12.6. The predicted octanol–water partition coefficient (Wildman–Crippen LogP) is 3.77. The first-order valence-corrected chi connectivity index (χ1v) is 9.27. The second-order valence-electron chi connectivity index (χ2n) is 6.58. The number of likely N-dealkylation sites (N-methyl/N-ethyl adjacent to an activating group) is 1. The van der Waals surface area contributed by atoms with Gasteiger partial charge in [0.25, 0.3) is 5.91 Å². The molecule has 7 heteroatoms. The highest BCUT2D eigenvalue weighted by Gasteiger charge is 2.20. The molecule has 0 radical (unpaired) electrons. The van der Waals surface area contributed by atoms with Crippen molar-refractivity contribution in [3.8, 4) is 17.0 Å². The normalized spacial score (nSPS) is 12.0. The number of ether oxygens (including phenoxy) is 1. The summed E-state index contributed by atoms with van der Waals surface area (Å²) in [6, 6.07) is 16.9. The molecule has 0 fully saturated rings. The lowest BCUT2D eigenvalue weighted by molar-refractivity contribution is 0.0936. The number of halogens is 1. The molecule has 3 rings (SSSR count). The van der Waals surface area contributed by atoms with Crippen LogP contribution in [0.2, 0.25) is 5.02 Å². The number of carbonyl (C=O) groups is 1. The van der Waals surface area contributed by atoms with E-state index in [1.165, 1.54) is 0 Å². The van der Waals surface area contributed by atoms with Crippen LogP contribution in [0, 0.1) is 0 Å². The summed E-state index contributed by atoms with van der Waals surface area (Å²) >= 11 is 6.21. The van der Waals surface area contributed by atoms with Crippen molar-refractivity contribution in [3.63, 3.8) is 0 Å². The molecule has 0 bridgehead atoms. The Morgan fingerprint density at radius 2 is 1.93 bits per heavy atom. The quantitative estimate of drug-likeness (QED) is 0.635. The Bertz CT molecular complexity index is 955. The largest absolute Gasteiger partial charge is 0.496 e. The minimum absolute atomic E-state index is 0.0361. The Kier molecular flexibility index (Phi) is 6.34. The van der Waals surface area contributed by atoms with Crippen molar-refractivity contribution in [2.24, 2.45) is 0 Å². The molecule has 2 aromatic carbocycles. The summed E-state index contributed by atoms with van der Waals surface area (Å²) in [5.41, 5.74) is 2.80. The molecule has 1 unspecified atom stereocenters. The zero-order valence-electron chi connectivity index (χ0n) is 16.1. The highest BCUT2D eigenvalue weighted by Crippen LogP contribution is 2.28. The Morgan fingerprint density at radius 1 is 1.21 bits per heavy atom. The SMILES string of the molecule is COc1ccccc1C(CNC(=O)c1cc(-c2ccccc2Cl)n[nH]1)N(C)C. The van der Waals surface area contributed by atoms with Gasteiger partial charge in [-0.15, -0.1) is 0 Å². The number of methoxy groups -OCH3 is 1. The van der Waals surface area contributed by atoms with Crippen LogP contribution in [0.15, 0.2) is 54.6 Å². The average Bonchev–Trinajstić information content (AvgIpc) is 3.18. The molecule has 146 valence electrons. The lowest BCUT2D eigenvalue weighted by Gasteiger charge is -2.26. The molecule has 1 atom stereocenters. The molecule has 1 aromatic heterocycles. The maximum Gasteiger partial charge on any atom is 0.269 e. The maximum atomic E-state index is 12.6. The van der Waals surface area contributed by atoms with E-state index in [1.807, 2.05) is 61.5 Å². The van der Waals surface area contributed by atoms with Gasteiger partial charge >= 0.3 is 0 Å². The number of rotatable bonds is 7. The molecule has 0 saturated carbocycles. The van der Waals surface area contributed by atoms with E-state index >= 15 is 0 Å². The number of hydrogen-bond donors (Lipinski definition) is 2. The molecule has 0 saturated heterocycles. The summed E-state index contributed by atoms with van der Waals surface area (Å²) in [7, 11) is 5.58. The minimum Gasteiger partial charge on any atom is -0.496 e. The summed E-state index contributed by atoms with van der Waals surface area (Å²) in [5.74, 6) is 0.561.